The minimum atomic E-state index is -4.54. The van der Waals surface area contributed by atoms with Crippen molar-refractivity contribution in [2.75, 3.05) is 6.79 Å². The van der Waals surface area contributed by atoms with E-state index in [4.69, 9.17) is 9.47 Å². The van der Waals surface area contributed by atoms with Gasteiger partial charge in [0.2, 0.25) is 6.79 Å². The van der Waals surface area contributed by atoms with E-state index in [-0.39, 0.29) is 12.4 Å². The molecular formula is C16H10F3NO4. The van der Waals surface area contributed by atoms with E-state index in [1.165, 1.54) is 12.3 Å². The Morgan fingerprint density at radius 1 is 1.12 bits per heavy atom. The summed E-state index contributed by atoms with van der Waals surface area (Å²) in [5.41, 5.74) is -0.597. The number of carbonyl (C=O) groups excluding carboxylic acids is 1. The average Bonchev–Trinajstić information content (AvgIpc) is 3.02. The van der Waals surface area contributed by atoms with E-state index in [2.05, 4.69) is 9.99 Å². The van der Waals surface area contributed by atoms with Crippen LogP contribution < -0.4 is 9.47 Å². The molecule has 0 saturated carbocycles. The van der Waals surface area contributed by atoms with E-state index in [1.54, 1.807) is 18.2 Å². The first-order valence-electron chi connectivity index (χ1n) is 6.75. The summed E-state index contributed by atoms with van der Waals surface area (Å²) in [7, 11) is 0. The highest BCUT2D eigenvalue weighted by atomic mass is 19.4. The van der Waals surface area contributed by atoms with E-state index in [0.29, 0.717) is 23.1 Å². The zero-order valence-electron chi connectivity index (χ0n) is 12.0. The average molecular weight is 337 g/mol. The van der Waals surface area contributed by atoms with Crippen LogP contribution in [0, 0.1) is 0 Å². The highest BCUT2D eigenvalue weighted by molar-refractivity contribution is 5.90. The van der Waals surface area contributed by atoms with Gasteiger partial charge in [-0.3, -0.25) is 0 Å². The van der Waals surface area contributed by atoms with Crippen LogP contribution in [-0.4, -0.2) is 19.0 Å². The van der Waals surface area contributed by atoms with Crippen molar-refractivity contribution in [2.45, 2.75) is 6.18 Å². The molecule has 0 amide bonds. The number of halogens is 3. The van der Waals surface area contributed by atoms with Crippen molar-refractivity contribution < 1.29 is 32.3 Å². The molecule has 1 heterocycles. The highest BCUT2D eigenvalue weighted by Crippen LogP contribution is 2.32. The van der Waals surface area contributed by atoms with Crippen LogP contribution in [0.1, 0.15) is 21.5 Å². The standard InChI is InChI=1S/C16H10F3NO4/c17-16(18,19)12-3-1-2-11(7-12)15(21)24-20-8-10-4-5-13-14(6-10)23-9-22-13/h1-8H,9H2/b20-8-. The Kier molecular flexibility index (Phi) is 4.11. The van der Waals surface area contributed by atoms with Crippen LogP contribution in [0.2, 0.25) is 0 Å². The predicted octanol–water partition coefficient (Wildman–Crippen LogP) is 3.63. The van der Waals surface area contributed by atoms with Crippen molar-refractivity contribution in [1.82, 2.24) is 0 Å². The smallest absolute Gasteiger partial charge is 0.416 e. The van der Waals surface area contributed by atoms with Crippen LogP contribution in [0.25, 0.3) is 0 Å². The molecule has 2 aromatic rings. The molecule has 1 aliphatic heterocycles. The third kappa shape index (κ3) is 3.48. The van der Waals surface area contributed by atoms with Gasteiger partial charge in [0.25, 0.3) is 0 Å². The fourth-order valence-electron chi connectivity index (χ4n) is 2.00. The molecule has 0 fully saturated rings. The molecule has 2 aromatic carbocycles. The quantitative estimate of drug-likeness (QED) is 0.488. The Morgan fingerprint density at radius 2 is 1.92 bits per heavy atom. The first-order valence-corrected chi connectivity index (χ1v) is 6.75. The molecule has 0 aliphatic carbocycles. The number of hydrogen-bond acceptors (Lipinski definition) is 5. The van der Waals surface area contributed by atoms with Gasteiger partial charge in [0, 0.05) is 5.56 Å². The Bertz CT molecular complexity index is 802. The largest absolute Gasteiger partial charge is 0.454 e. The van der Waals surface area contributed by atoms with Crippen molar-refractivity contribution in [2.24, 2.45) is 5.16 Å². The van der Waals surface area contributed by atoms with Gasteiger partial charge in [0.15, 0.2) is 11.5 Å². The number of fused-ring (bicyclic) bond motifs is 1. The Morgan fingerprint density at radius 3 is 2.71 bits per heavy atom. The summed E-state index contributed by atoms with van der Waals surface area (Å²) in [6.45, 7) is 0.125. The zero-order chi connectivity index (χ0) is 17.2. The van der Waals surface area contributed by atoms with Gasteiger partial charge in [-0.15, -0.1) is 0 Å². The van der Waals surface area contributed by atoms with Crippen LogP contribution in [0.5, 0.6) is 11.5 Å². The number of ether oxygens (including phenoxy) is 2. The summed E-state index contributed by atoms with van der Waals surface area (Å²) >= 11 is 0. The van der Waals surface area contributed by atoms with Gasteiger partial charge in [-0.1, -0.05) is 11.2 Å². The maximum atomic E-state index is 12.6. The number of hydrogen-bond donors (Lipinski definition) is 0. The second-order valence-electron chi connectivity index (χ2n) is 4.80. The van der Waals surface area contributed by atoms with Gasteiger partial charge in [-0.25, -0.2) is 4.79 Å². The van der Waals surface area contributed by atoms with Crippen LogP contribution in [0.3, 0.4) is 0 Å². The Balaban J connectivity index is 1.67. The molecule has 0 radical (unpaired) electrons. The van der Waals surface area contributed by atoms with Crippen molar-refractivity contribution in [1.29, 1.82) is 0 Å². The van der Waals surface area contributed by atoms with Crippen LogP contribution in [0.15, 0.2) is 47.6 Å². The van der Waals surface area contributed by atoms with Crippen LogP contribution in [-0.2, 0) is 11.0 Å². The van der Waals surface area contributed by atoms with Gasteiger partial charge < -0.3 is 14.3 Å². The summed E-state index contributed by atoms with van der Waals surface area (Å²) in [5, 5.41) is 3.48. The molecule has 0 bridgehead atoms. The molecule has 0 atom stereocenters. The van der Waals surface area contributed by atoms with E-state index < -0.39 is 17.7 Å². The van der Waals surface area contributed by atoms with Crippen molar-refractivity contribution in [3.05, 3.63) is 59.2 Å². The van der Waals surface area contributed by atoms with Gasteiger partial charge in [0.1, 0.15) is 0 Å². The molecule has 5 nitrogen and oxygen atoms in total. The zero-order valence-corrected chi connectivity index (χ0v) is 12.0. The van der Waals surface area contributed by atoms with Gasteiger partial charge in [-0.2, -0.15) is 13.2 Å². The van der Waals surface area contributed by atoms with Crippen molar-refractivity contribution in [3.8, 4) is 11.5 Å². The lowest BCUT2D eigenvalue weighted by atomic mass is 10.1. The van der Waals surface area contributed by atoms with Gasteiger partial charge in [0.05, 0.1) is 17.3 Å². The lowest BCUT2D eigenvalue weighted by Gasteiger charge is -2.07. The molecule has 8 heteroatoms. The monoisotopic (exact) mass is 337 g/mol. The van der Waals surface area contributed by atoms with Crippen molar-refractivity contribution >= 4 is 12.2 Å². The Labute approximate surface area is 134 Å². The maximum absolute atomic E-state index is 12.6. The first-order chi connectivity index (χ1) is 11.4. The highest BCUT2D eigenvalue weighted by Gasteiger charge is 2.31. The fourth-order valence-corrected chi connectivity index (χ4v) is 2.00. The third-order valence-electron chi connectivity index (χ3n) is 3.16. The minimum absolute atomic E-state index is 0.125. The third-order valence-corrected chi connectivity index (χ3v) is 3.16. The number of oxime groups is 1. The summed E-state index contributed by atoms with van der Waals surface area (Å²) in [5.74, 6) is 0.134. The normalized spacial score (nSPS) is 13.3. The predicted molar refractivity (Wildman–Crippen MR) is 77.0 cm³/mol. The number of nitrogens with zero attached hydrogens (tertiary/aromatic N) is 1. The molecule has 24 heavy (non-hydrogen) atoms. The SMILES string of the molecule is O=C(O/N=C\c1ccc2c(c1)OCO2)c1cccc(C(F)(F)F)c1. The number of alkyl halides is 3. The summed E-state index contributed by atoms with van der Waals surface area (Å²) in [4.78, 5) is 16.4. The number of benzene rings is 2. The van der Waals surface area contributed by atoms with E-state index in [0.717, 1.165) is 12.1 Å². The fraction of sp³-hybridized carbons (Fsp3) is 0.125. The summed E-state index contributed by atoms with van der Waals surface area (Å²) in [6.07, 6.45) is -3.29. The molecular weight excluding hydrogens is 327 g/mol. The van der Waals surface area contributed by atoms with Crippen LogP contribution in [0.4, 0.5) is 13.2 Å². The molecule has 0 N–H and O–H groups in total. The molecule has 1 aliphatic rings. The number of carbonyl (C=O) groups is 1. The summed E-state index contributed by atoms with van der Waals surface area (Å²) in [6, 6.07) is 8.87. The topological polar surface area (TPSA) is 57.1 Å². The van der Waals surface area contributed by atoms with Crippen molar-refractivity contribution in [3.63, 3.8) is 0 Å². The minimum Gasteiger partial charge on any atom is -0.454 e. The summed E-state index contributed by atoms with van der Waals surface area (Å²) < 4.78 is 48.2. The van der Waals surface area contributed by atoms with Crippen LogP contribution >= 0.6 is 0 Å². The lowest BCUT2D eigenvalue weighted by Crippen LogP contribution is -2.08. The second-order valence-corrected chi connectivity index (χ2v) is 4.80. The molecule has 0 spiro atoms. The molecule has 0 saturated heterocycles. The van der Waals surface area contributed by atoms with E-state index in [9.17, 15) is 18.0 Å². The van der Waals surface area contributed by atoms with Gasteiger partial charge >= 0.3 is 12.1 Å². The maximum Gasteiger partial charge on any atom is 0.416 e. The molecule has 3 rings (SSSR count). The van der Waals surface area contributed by atoms with E-state index in [1.807, 2.05) is 0 Å². The molecule has 124 valence electrons. The first kappa shape index (κ1) is 15.9. The second kappa shape index (κ2) is 6.23. The molecule has 0 unspecified atom stereocenters. The van der Waals surface area contributed by atoms with Gasteiger partial charge in [-0.05, 0) is 36.4 Å². The van der Waals surface area contributed by atoms with E-state index >= 15 is 0 Å². The molecule has 0 aromatic heterocycles. The number of rotatable bonds is 3. The Hall–Kier alpha value is -3.03. The lowest BCUT2D eigenvalue weighted by molar-refractivity contribution is -0.137.